The minimum atomic E-state index is -0.669. The van der Waals surface area contributed by atoms with Gasteiger partial charge in [0.1, 0.15) is 6.04 Å². The van der Waals surface area contributed by atoms with Crippen LogP contribution in [0.3, 0.4) is 0 Å². The van der Waals surface area contributed by atoms with Crippen LogP contribution in [0.5, 0.6) is 0 Å². The summed E-state index contributed by atoms with van der Waals surface area (Å²) in [6.45, 7) is 7.14. The molecule has 2 atom stereocenters. The van der Waals surface area contributed by atoms with Crippen LogP contribution in [0.15, 0.2) is 77.6 Å². The quantitative estimate of drug-likeness (QED) is 0.0595. The molecule has 3 amide bonds. The van der Waals surface area contributed by atoms with Crippen molar-refractivity contribution in [3.05, 3.63) is 111 Å². The number of para-hydroxylation sites is 1. The zero-order valence-electron chi connectivity index (χ0n) is 32.7. The molecule has 1 unspecified atom stereocenters. The topological polar surface area (TPSA) is 131 Å². The van der Waals surface area contributed by atoms with Gasteiger partial charge in [-0.1, -0.05) is 73.2 Å². The van der Waals surface area contributed by atoms with Gasteiger partial charge in [-0.05, 0) is 124 Å². The molecule has 7 rings (SSSR count). The summed E-state index contributed by atoms with van der Waals surface area (Å²) in [7, 11) is 1.76. The van der Waals surface area contributed by atoms with Gasteiger partial charge in [0.05, 0.1) is 17.1 Å². The van der Waals surface area contributed by atoms with E-state index in [0.29, 0.717) is 23.6 Å². The Morgan fingerprint density at radius 1 is 0.929 bits per heavy atom. The van der Waals surface area contributed by atoms with Crippen molar-refractivity contribution in [1.29, 1.82) is 0 Å². The van der Waals surface area contributed by atoms with Gasteiger partial charge in [-0.25, -0.2) is 4.79 Å². The molecule has 2 fully saturated rings. The van der Waals surface area contributed by atoms with E-state index in [0.717, 1.165) is 109 Å². The van der Waals surface area contributed by atoms with Crippen molar-refractivity contribution in [3.63, 3.8) is 0 Å². The molecule has 2 aliphatic heterocycles. The number of likely N-dealkylation sites (tertiary alicyclic amines) is 1. The number of aryl methyl sites for hydroxylation is 3. The molecule has 0 aliphatic carbocycles. The Labute approximate surface area is 328 Å². The predicted molar refractivity (Wildman–Crippen MR) is 222 cm³/mol. The number of rotatable bonds is 11. The number of amides is 3. The fourth-order valence-electron chi connectivity index (χ4n) is 8.48. The van der Waals surface area contributed by atoms with Crippen LogP contribution in [-0.4, -0.2) is 51.4 Å². The molecule has 0 saturated carbocycles. The highest BCUT2D eigenvalue weighted by Gasteiger charge is 2.31. The number of piperidine rings is 2. The summed E-state index contributed by atoms with van der Waals surface area (Å²) in [4.78, 5) is 53.2. The van der Waals surface area contributed by atoms with E-state index in [4.69, 9.17) is 5.73 Å². The lowest BCUT2D eigenvalue weighted by Gasteiger charge is -2.29. The Hall–Kier alpha value is -5.66. The summed E-state index contributed by atoms with van der Waals surface area (Å²) >= 11 is 0. The van der Waals surface area contributed by atoms with Gasteiger partial charge in [-0.3, -0.25) is 28.8 Å². The maximum atomic E-state index is 13.2. The molecule has 4 N–H and O–H groups in total. The first-order valence-electron chi connectivity index (χ1n) is 20.0. The van der Waals surface area contributed by atoms with Crippen molar-refractivity contribution in [1.82, 2.24) is 24.7 Å². The van der Waals surface area contributed by atoms with E-state index in [9.17, 15) is 19.2 Å². The predicted octanol–water partition coefficient (Wildman–Crippen LogP) is 6.72. The van der Waals surface area contributed by atoms with Crippen molar-refractivity contribution in [2.45, 2.75) is 83.7 Å². The molecule has 56 heavy (non-hydrogen) atoms. The Morgan fingerprint density at radius 2 is 1.70 bits per heavy atom. The highest BCUT2D eigenvalue weighted by molar-refractivity contribution is 6.00. The van der Waals surface area contributed by atoms with Crippen LogP contribution in [0, 0.1) is 24.7 Å². The van der Waals surface area contributed by atoms with Crippen LogP contribution in [0.4, 0.5) is 5.69 Å². The first kappa shape index (κ1) is 38.6. The molecule has 0 spiro atoms. The SMILES string of the molecule is Cc1ccc(N)cc1C(=O)N[C@H](C)c1ccc(C#CC2CCN(CCCCCCc3cccc4c3n(C)c(=O)n4C3CCC(=O)NC3=O)CC2)c2ccccc12. The van der Waals surface area contributed by atoms with Gasteiger partial charge >= 0.3 is 5.69 Å². The van der Waals surface area contributed by atoms with Crippen LogP contribution >= 0.6 is 0 Å². The normalized spacial score (nSPS) is 17.1. The van der Waals surface area contributed by atoms with E-state index in [-0.39, 0.29) is 30.0 Å². The van der Waals surface area contributed by atoms with Crippen LogP contribution in [0.2, 0.25) is 0 Å². The van der Waals surface area contributed by atoms with Crippen molar-refractivity contribution in [2.24, 2.45) is 13.0 Å². The lowest BCUT2D eigenvalue weighted by molar-refractivity contribution is -0.135. The third-order valence-electron chi connectivity index (χ3n) is 11.7. The number of benzene rings is 4. The van der Waals surface area contributed by atoms with Crippen LogP contribution in [0.25, 0.3) is 21.8 Å². The van der Waals surface area contributed by atoms with Gasteiger partial charge in [0.25, 0.3) is 5.91 Å². The number of nitrogens with zero attached hydrogens (tertiary/aromatic N) is 3. The number of carbonyl (C=O) groups excluding carboxylic acids is 3. The first-order valence-corrected chi connectivity index (χ1v) is 20.0. The summed E-state index contributed by atoms with van der Waals surface area (Å²) in [5, 5.41) is 7.75. The first-order chi connectivity index (χ1) is 27.1. The second-order valence-electron chi connectivity index (χ2n) is 15.5. The number of aromatic nitrogens is 2. The van der Waals surface area contributed by atoms with Crippen LogP contribution < -0.4 is 22.1 Å². The second kappa shape index (κ2) is 17.0. The molecular formula is C46H52N6O4. The summed E-state index contributed by atoms with van der Waals surface area (Å²) < 4.78 is 3.21. The van der Waals surface area contributed by atoms with Crippen molar-refractivity contribution in [3.8, 4) is 11.8 Å². The zero-order chi connectivity index (χ0) is 39.3. The summed E-state index contributed by atoms with van der Waals surface area (Å²) in [5.74, 6) is 6.65. The van der Waals surface area contributed by atoms with E-state index in [1.807, 2.05) is 50.2 Å². The molecule has 0 bridgehead atoms. The zero-order valence-corrected chi connectivity index (χ0v) is 32.7. The third kappa shape index (κ3) is 8.29. The number of nitrogen functional groups attached to an aromatic ring is 1. The van der Waals surface area contributed by atoms with Gasteiger partial charge in [-0.15, -0.1) is 0 Å². The van der Waals surface area contributed by atoms with Crippen LogP contribution in [0.1, 0.15) is 103 Å². The molecule has 2 saturated heterocycles. The average molecular weight is 753 g/mol. The van der Waals surface area contributed by atoms with E-state index in [1.54, 1.807) is 22.2 Å². The molecule has 3 heterocycles. The highest BCUT2D eigenvalue weighted by atomic mass is 16.2. The number of imide groups is 1. The van der Waals surface area contributed by atoms with E-state index in [1.165, 1.54) is 0 Å². The molecule has 10 nitrogen and oxygen atoms in total. The minimum absolute atomic E-state index is 0.136. The lowest BCUT2D eigenvalue weighted by atomic mass is 9.94. The number of imidazole rings is 1. The Balaban J connectivity index is 0.879. The standard InChI is InChI=1S/C46H52N6O4/c1-30-16-20-35(47)29-39(30)44(54)48-31(2)36-21-19-33(37-13-7-8-14-38(36)37)18-17-32-24-27-51(28-25-32)26-9-5-4-6-11-34-12-10-15-40-43(34)50(3)46(56)52(40)41-22-23-42(53)49-45(41)55/h7-8,10,12-16,19-21,29,31-32,41H,4-6,9,11,22-28,47H2,1-3H3,(H,48,54)(H,49,53,55)/t31-,41?/m1/s1. The molecule has 0 radical (unpaired) electrons. The van der Waals surface area contributed by atoms with E-state index < -0.39 is 11.9 Å². The maximum Gasteiger partial charge on any atom is 0.329 e. The van der Waals surface area contributed by atoms with Crippen LogP contribution in [-0.2, 0) is 23.1 Å². The number of nitrogens with two attached hydrogens (primary N) is 1. The van der Waals surface area contributed by atoms with Crippen molar-refractivity contribution >= 4 is 45.2 Å². The number of hydrogen-bond donors (Lipinski definition) is 3. The number of anilines is 1. The van der Waals surface area contributed by atoms with Gasteiger partial charge in [0.2, 0.25) is 11.8 Å². The fraction of sp³-hybridized carbons (Fsp3) is 0.391. The highest BCUT2D eigenvalue weighted by Crippen LogP contribution is 2.29. The number of carbonyl (C=O) groups is 3. The Bertz CT molecular complexity index is 2410. The monoisotopic (exact) mass is 752 g/mol. The largest absolute Gasteiger partial charge is 0.399 e. The smallest absolute Gasteiger partial charge is 0.329 e. The van der Waals surface area contributed by atoms with Gasteiger partial charge in [0.15, 0.2) is 0 Å². The molecule has 1 aromatic heterocycles. The van der Waals surface area contributed by atoms with E-state index >= 15 is 0 Å². The Kier molecular flexibility index (Phi) is 11.7. The summed E-state index contributed by atoms with van der Waals surface area (Å²) in [6.07, 6.45) is 8.01. The second-order valence-corrected chi connectivity index (χ2v) is 15.5. The number of fused-ring (bicyclic) bond motifs is 2. The molecule has 10 heteroatoms. The van der Waals surface area contributed by atoms with E-state index in [2.05, 4.69) is 57.7 Å². The fourth-order valence-corrected chi connectivity index (χ4v) is 8.48. The van der Waals surface area contributed by atoms with Gasteiger partial charge in [-0.2, -0.15) is 0 Å². The number of unbranched alkanes of at least 4 members (excludes halogenated alkanes) is 3. The van der Waals surface area contributed by atoms with Crippen molar-refractivity contribution in [2.75, 3.05) is 25.4 Å². The molecule has 290 valence electrons. The molecule has 2 aliphatic rings. The minimum Gasteiger partial charge on any atom is -0.399 e. The summed E-state index contributed by atoms with van der Waals surface area (Å²) in [5.41, 5.74) is 12.6. The summed E-state index contributed by atoms with van der Waals surface area (Å²) in [6, 6.07) is 23.0. The van der Waals surface area contributed by atoms with Gasteiger partial charge in [0, 0.05) is 36.2 Å². The number of nitrogens with one attached hydrogen (secondary N) is 2. The lowest BCUT2D eigenvalue weighted by Crippen LogP contribution is -2.44. The van der Waals surface area contributed by atoms with Gasteiger partial charge < -0.3 is 16.0 Å². The van der Waals surface area contributed by atoms with Crippen molar-refractivity contribution < 1.29 is 14.4 Å². The molecule has 4 aromatic carbocycles. The molecular weight excluding hydrogens is 701 g/mol. The maximum absolute atomic E-state index is 13.2. The third-order valence-corrected chi connectivity index (χ3v) is 11.7. The average Bonchev–Trinajstić information content (AvgIpc) is 3.45. The number of hydrogen-bond acceptors (Lipinski definition) is 6. The Morgan fingerprint density at radius 3 is 2.48 bits per heavy atom. The molecule has 5 aromatic rings.